The van der Waals surface area contributed by atoms with Crippen molar-refractivity contribution in [3.63, 3.8) is 0 Å². The van der Waals surface area contributed by atoms with E-state index in [0.29, 0.717) is 5.94 Å². The van der Waals surface area contributed by atoms with Crippen LogP contribution < -0.4 is 4.74 Å². The molecule has 86 valence electrons. The van der Waals surface area contributed by atoms with Gasteiger partial charge in [0.15, 0.2) is 0 Å². The van der Waals surface area contributed by atoms with E-state index in [-0.39, 0.29) is 11.3 Å². The summed E-state index contributed by atoms with van der Waals surface area (Å²) in [5.41, 5.74) is 0.0328. The van der Waals surface area contributed by atoms with Crippen LogP contribution in [-0.2, 0) is 0 Å². The van der Waals surface area contributed by atoms with Crippen molar-refractivity contribution < 1.29 is 13.5 Å². The van der Waals surface area contributed by atoms with Crippen LogP contribution in [0.5, 0.6) is 5.75 Å². The van der Waals surface area contributed by atoms with Crippen LogP contribution in [0.1, 0.15) is 5.56 Å². The topological polar surface area (TPSA) is 9.23 Å². The molecule has 0 amide bonds. The van der Waals surface area contributed by atoms with Gasteiger partial charge in [-0.15, -0.1) is 0 Å². The molecule has 1 nitrogen and oxygen atoms in total. The van der Waals surface area contributed by atoms with E-state index in [2.05, 4.69) is 18.8 Å². The van der Waals surface area contributed by atoms with Gasteiger partial charge in [-0.3, -0.25) is 0 Å². The Kier molecular flexibility index (Phi) is 3.60. The molecular formula is C11H16F2OS. The second-order valence-electron chi connectivity index (χ2n) is 4.36. The monoisotopic (exact) mass is 234 g/mol. The molecule has 0 atom stereocenters. The Labute approximate surface area is 90.8 Å². The van der Waals surface area contributed by atoms with E-state index in [1.807, 2.05) is 0 Å². The van der Waals surface area contributed by atoms with Crippen molar-refractivity contribution in [2.75, 3.05) is 24.7 Å². The molecule has 0 unspecified atom stereocenters. The normalized spacial score (nSPS) is 12.7. The van der Waals surface area contributed by atoms with Gasteiger partial charge in [0.25, 0.3) is 0 Å². The lowest BCUT2D eigenvalue weighted by Gasteiger charge is -2.25. The molecule has 15 heavy (non-hydrogen) atoms. The molecule has 1 aromatic carbocycles. The first-order chi connectivity index (χ1) is 6.79. The number of rotatable bonds is 3. The molecule has 1 rings (SSSR count). The van der Waals surface area contributed by atoms with Crippen LogP contribution in [0, 0.1) is 18.6 Å². The van der Waals surface area contributed by atoms with Crippen LogP contribution in [0.15, 0.2) is 12.1 Å². The third-order valence-electron chi connectivity index (χ3n) is 1.83. The van der Waals surface area contributed by atoms with E-state index in [4.69, 9.17) is 4.74 Å². The van der Waals surface area contributed by atoms with Crippen LogP contribution in [0.2, 0.25) is 0 Å². The number of hydrogen-bond donors (Lipinski definition) is 0. The van der Waals surface area contributed by atoms with Gasteiger partial charge in [0, 0.05) is 17.7 Å². The van der Waals surface area contributed by atoms with Crippen LogP contribution in [0.3, 0.4) is 0 Å². The number of ether oxygens (including phenoxy) is 1. The molecule has 0 aliphatic heterocycles. The maximum Gasteiger partial charge on any atom is 0.132 e. The minimum atomic E-state index is -0.825. The van der Waals surface area contributed by atoms with E-state index in [9.17, 15) is 8.78 Å². The van der Waals surface area contributed by atoms with E-state index >= 15 is 0 Å². The van der Waals surface area contributed by atoms with Gasteiger partial charge >= 0.3 is 0 Å². The summed E-state index contributed by atoms with van der Waals surface area (Å²) in [5, 5.41) is 0. The average molecular weight is 234 g/mol. The molecular weight excluding hydrogens is 218 g/mol. The highest BCUT2D eigenvalue weighted by atomic mass is 32.3. The zero-order valence-electron chi connectivity index (χ0n) is 9.43. The Hall–Kier alpha value is -0.770. The van der Waals surface area contributed by atoms with Crippen LogP contribution in [-0.4, -0.2) is 24.7 Å². The van der Waals surface area contributed by atoms with Gasteiger partial charge in [0.05, 0.1) is 0 Å². The van der Waals surface area contributed by atoms with Crippen molar-refractivity contribution in [2.24, 2.45) is 0 Å². The molecule has 0 radical (unpaired) electrons. The smallest absolute Gasteiger partial charge is 0.132 e. The molecule has 0 fully saturated rings. The third kappa shape index (κ3) is 3.70. The maximum absolute atomic E-state index is 13.1. The Morgan fingerprint density at radius 2 is 1.60 bits per heavy atom. The second-order valence-corrected chi connectivity index (χ2v) is 8.78. The first-order valence-electron chi connectivity index (χ1n) is 4.54. The van der Waals surface area contributed by atoms with Gasteiger partial charge in [-0.25, -0.2) is 18.8 Å². The van der Waals surface area contributed by atoms with Gasteiger partial charge in [-0.2, -0.15) is 0 Å². The summed E-state index contributed by atoms with van der Waals surface area (Å²) in [5.74, 6) is -0.351. The van der Waals surface area contributed by atoms with Crippen molar-refractivity contribution in [2.45, 2.75) is 6.92 Å². The summed E-state index contributed by atoms with van der Waals surface area (Å²) in [4.78, 5) is 0. The van der Waals surface area contributed by atoms with Gasteiger partial charge < -0.3 is 4.74 Å². The Bertz CT molecular complexity index is 335. The fourth-order valence-electron chi connectivity index (χ4n) is 0.950. The number of hydrogen-bond acceptors (Lipinski definition) is 1. The lowest BCUT2D eigenvalue weighted by atomic mass is 10.2. The fourth-order valence-corrected chi connectivity index (χ4v) is 1.44. The van der Waals surface area contributed by atoms with E-state index < -0.39 is 21.7 Å². The van der Waals surface area contributed by atoms with Gasteiger partial charge in [-0.1, -0.05) is 0 Å². The third-order valence-corrected chi connectivity index (χ3v) is 2.66. The van der Waals surface area contributed by atoms with Crippen LogP contribution >= 0.6 is 10.0 Å². The molecule has 0 N–H and O–H groups in total. The first-order valence-corrected chi connectivity index (χ1v) is 7.57. The fraction of sp³-hybridized carbons (Fsp3) is 0.455. The molecule has 0 saturated heterocycles. The van der Waals surface area contributed by atoms with E-state index in [1.54, 1.807) is 0 Å². The summed E-state index contributed by atoms with van der Waals surface area (Å²) < 4.78 is 31.6. The zero-order valence-corrected chi connectivity index (χ0v) is 10.3. The molecule has 0 aliphatic carbocycles. The minimum Gasteiger partial charge on any atom is -0.484 e. The summed E-state index contributed by atoms with van der Waals surface area (Å²) >= 11 is 0. The highest BCUT2D eigenvalue weighted by Crippen LogP contribution is 2.35. The second kappa shape index (κ2) is 4.39. The summed E-state index contributed by atoms with van der Waals surface area (Å²) in [6, 6.07) is 2.45. The summed E-state index contributed by atoms with van der Waals surface area (Å²) in [7, 11) is -0.825. The highest BCUT2D eigenvalue weighted by molar-refractivity contribution is 8.32. The zero-order chi connectivity index (χ0) is 11.6. The van der Waals surface area contributed by atoms with Crippen molar-refractivity contribution >= 4 is 10.0 Å². The van der Waals surface area contributed by atoms with Crippen molar-refractivity contribution in [3.05, 3.63) is 29.3 Å². The Balaban J connectivity index is 2.80. The van der Waals surface area contributed by atoms with E-state index in [1.165, 1.54) is 19.1 Å². The van der Waals surface area contributed by atoms with Gasteiger partial charge in [-0.05, 0) is 25.7 Å². The quantitative estimate of drug-likeness (QED) is 0.779. The first kappa shape index (κ1) is 12.3. The molecule has 0 heterocycles. The highest BCUT2D eigenvalue weighted by Gasteiger charge is 2.09. The number of halogens is 2. The lowest BCUT2D eigenvalue weighted by molar-refractivity contribution is 0.383. The average Bonchev–Trinajstić information content (AvgIpc) is 2.09. The van der Waals surface area contributed by atoms with Crippen molar-refractivity contribution in [3.8, 4) is 5.75 Å². The maximum atomic E-state index is 13.1. The Morgan fingerprint density at radius 3 is 2.00 bits per heavy atom. The predicted molar refractivity (Wildman–Crippen MR) is 62.0 cm³/mol. The van der Waals surface area contributed by atoms with Crippen molar-refractivity contribution in [1.82, 2.24) is 0 Å². The van der Waals surface area contributed by atoms with Gasteiger partial charge in [0.2, 0.25) is 0 Å². The summed E-state index contributed by atoms with van der Waals surface area (Å²) in [6.45, 7) is 1.41. The van der Waals surface area contributed by atoms with E-state index in [0.717, 1.165) is 0 Å². The molecule has 0 aromatic heterocycles. The Morgan fingerprint density at radius 1 is 1.13 bits per heavy atom. The minimum absolute atomic E-state index is 0.0328. The largest absolute Gasteiger partial charge is 0.484 e. The molecule has 0 bridgehead atoms. The molecule has 4 heteroatoms. The molecule has 0 spiro atoms. The SMILES string of the molecule is Cc1c(F)cc(OCS(C)(C)C)cc1F. The van der Waals surface area contributed by atoms with Gasteiger partial charge in [0.1, 0.15) is 23.3 Å². The number of benzene rings is 1. The van der Waals surface area contributed by atoms with Crippen LogP contribution in [0.4, 0.5) is 8.78 Å². The molecule has 0 aliphatic rings. The molecule has 0 saturated carbocycles. The lowest BCUT2D eigenvalue weighted by Crippen LogP contribution is -2.06. The summed E-state index contributed by atoms with van der Waals surface area (Å²) in [6.07, 6.45) is 6.23. The standard InChI is InChI=1S/C11H16F2OS/c1-8-10(12)5-9(6-11(8)13)14-7-15(2,3)4/h5-6H,7H2,1-4H3. The molecule has 1 aromatic rings. The van der Waals surface area contributed by atoms with Crippen molar-refractivity contribution in [1.29, 1.82) is 0 Å². The van der Waals surface area contributed by atoms with Crippen LogP contribution in [0.25, 0.3) is 0 Å². The predicted octanol–water partition coefficient (Wildman–Crippen LogP) is 3.30.